The molecule has 0 bridgehead atoms. The highest BCUT2D eigenvalue weighted by Crippen LogP contribution is 2.44. The Labute approximate surface area is 178 Å². The summed E-state index contributed by atoms with van der Waals surface area (Å²) in [5, 5.41) is 20.2. The summed E-state index contributed by atoms with van der Waals surface area (Å²) >= 11 is 3.48. The first-order valence-electron chi connectivity index (χ1n) is 9.09. The van der Waals surface area contributed by atoms with Gasteiger partial charge in [0.2, 0.25) is 11.8 Å². The van der Waals surface area contributed by atoms with Crippen LogP contribution < -0.4 is 0 Å². The first-order valence-corrected chi connectivity index (χ1v) is 9.89. The fourth-order valence-electron chi connectivity index (χ4n) is 3.42. The van der Waals surface area contributed by atoms with E-state index in [-0.39, 0.29) is 24.7 Å². The zero-order valence-corrected chi connectivity index (χ0v) is 17.4. The molecule has 1 saturated heterocycles. The monoisotopic (exact) mass is 447 g/mol. The lowest BCUT2D eigenvalue weighted by atomic mass is 9.77. The quantitative estimate of drug-likeness (QED) is 0.623. The number of amides is 2. The first kappa shape index (κ1) is 20.5. The van der Waals surface area contributed by atoms with Crippen molar-refractivity contribution in [1.29, 1.82) is 10.5 Å². The minimum atomic E-state index is -1.76. The molecule has 0 N–H and O–H groups in total. The molecule has 0 saturated carbocycles. The fourth-order valence-corrected chi connectivity index (χ4v) is 4.04. The molecule has 0 spiro atoms. The number of rotatable bonds is 5. The topological polar surface area (TPSA) is 85.0 Å². The largest absolute Gasteiger partial charge is 0.274 e. The van der Waals surface area contributed by atoms with Crippen LogP contribution >= 0.6 is 15.9 Å². The lowest BCUT2D eigenvalue weighted by Crippen LogP contribution is -2.42. The standard InChI is InChI=1S/C23H18BrN3O2/c1-16-7-9-17(10-8-16)19(24)13-23(14-25,15-26)22(18-5-3-2-4-6-18)27-20(28)11-12-21(27)29/h2-10,13,22H,11-12H2,1H3/b19-13+. The van der Waals surface area contributed by atoms with Crippen molar-refractivity contribution >= 4 is 32.2 Å². The third-order valence-electron chi connectivity index (χ3n) is 4.95. The predicted octanol–water partition coefficient (Wildman–Crippen LogP) is 4.65. The lowest BCUT2D eigenvalue weighted by molar-refractivity contribution is -0.142. The number of halogens is 1. The summed E-state index contributed by atoms with van der Waals surface area (Å²) in [5.74, 6) is -0.753. The van der Waals surface area contributed by atoms with Gasteiger partial charge in [-0.2, -0.15) is 10.5 Å². The molecule has 0 aliphatic carbocycles. The van der Waals surface area contributed by atoms with Crippen molar-refractivity contribution in [3.8, 4) is 12.1 Å². The Hall–Kier alpha value is -3.22. The highest BCUT2D eigenvalue weighted by molar-refractivity contribution is 9.15. The molecule has 144 valence electrons. The fraction of sp³-hybridized carbons (Fsp3) is 0.217. The van der Waals surface area contributed by atoms with Crippen LogP contribution in [0.2, 0.25) is 0 Å². The van der Waals surface area contributed by atoms with Gasteiger partial charge in [0.1, 0.15) is 6.04 Å². The van der Waals surface area contributed by atoms with Crippen molar-refractivity contribution in [2.45, 2.75) is 25.8 Å². The second-order valence-corrected chi connectivity index (χ2v) is 7.78. The molecule has 5 nitrogen and oxygen atoms in total. The molecule has 1 fully saturated rings. The molecule has 1 aliphatic heterocycles. The summed E-state index contributed by atoms with van der Waals surface area (Å²) in [4.78, 5) is 26.1. The van der Waals surface area contributed by atoms with Gasteiger partial charge in [-0.3, -0.25) is 14.5 Å². The summed E-state index contributed by atoms with van der Waals surface area (Å²) in [6.07, 6.45) is 1.66. The maximum absolute atomic E-state index is 12.5. The van der Waals surface area contributed by atoms with E-state index in [1.54, 1.807) is 30.3 Å². The first-order chi connectivity index (χ1) is 13.9. The summed E-state index contributed by atoms with van der Waals surface area (Å²) in [6.45, 7) is 1.96. The molecular formula is C23H18BrN3O2. The van der Waals surface area contributed by atoms with Gasteiger partial charge in [-0.25, -0.2) is 0 Å². The molecule has 29 heavy (non-hydrogen) atoms. The van der Waals surface area contributed by atoms with Gasteiger partial charge in [0.25, 0.3) is 0 Å². The summed E-state index contributed by atoms with van der Waals surface area (Å²) in [7, 11) is 0. The molecule has 2 aromatic carbocycles. The molecule has 0 radical (unpaired) electrons. The van der Waals surface area contributed by atoms with E-state index in [0.29, 0.717) is 10.0 Å². The van der Waals surface area contributed by atoms with Crippen LogP contribution in [0.1, 0.15) is 35.6 Å². The van der Waals surface area contributed by atoms with Crippen molar-refractivity contribution in [3.63, 3.8) is 0 Å². The Balaban J connectivity index is 2.19. The molecule has 1 unspecified atom stereocenters. The number of likely N-dealkylation sites (tertiary alicyclic amines) is 1. The van der Waals surface area contributed by atoms with E-state index in [1.807, 2.05) is 31.2 Å². The van der Waals surface area contributed by atoms with Gasteiger partial charge < -0.3 is 0 Å². The minimum Gasteiger partial charge on any atom is -0.274 e. The van der Waals surface area contributed by atoms with Gasteiger partial charge in [0, 0.05) is 17.3 Å². The van der Waals surface area contributed by atoms with E-state index < -0.39 is 11.5 Å². The summed E-state index contributed by atoms with van der Waals surface area (Å²) in [5.41, 5.74) is 0.660. The zero-order valence-electron chi connectivity index (χ0n) is 15.8. The molecule has 0 aromatic heterocycles. The number of benzene rings is 2. The van der Waals surface area contributed by atoms with Crippen LogP contribution in [-0.4, -0.2) is 16.7 Å². The third kappa shape index (κ3) is 3.99. The number of aryl methyl sites for hydroxylation is 1. The average molecular weight is 448 g/mol. The van der Waals surface area contributed by atoms with Crippen molar-refractivity contribution < 1.29 is 9.59 Å². The van der Waals surface area contributed by atoms with Crippen LogP contribution in [0.25, 0.3) is 4.48 Å². The number of hydrogen-bond acceptors (Lipinski definition) is 4. The highest BCUT2D eigenvalue weighted by atomic mass is 79.9. The molecule has 1 heterocycles. The Morgan fingerprint density at radius 2 is 1.59 bits per heavy atom. The molecule has 3 rings (SSSR count). The SMILES string of the molecule is Cc1ccc(/C(Br)=C\C(C#N)(C#N)C(c2ccccc2)N2C(=O)CCC2=O)cc1. The number of nitrogens with zero attached hydrogens (tertiary/aromatic N) is 3. The van der Waals surface area contributed by atoms with E-state index in [2.05, 4.69) is 28.1 Å². The molecule has 6 heteroatoms. The Morgan fingerprint density at radius 3 is 2.10 bits per heavy atom. The van der Waals surface area contributed by atoms with Crippen LogP contribution in [-0.2, 0) is 9.59 Å². The van der Waals surface area contributed by atoms with E-state index >= 15 is 0 Å². The predicted molar refractivity (Wildman–Crippen MR) is 112 cm³/mol. The number of hydrogen-bond donors (Lipinski definition) is 0. The number of carbonyl (C=O) groups is 2. The molecule has 1 aliphatic rings. The van der Waals surface area contributed by atoms with Crippen LogP contribution in [0.5, 0.6) is 0 Å². The lowest BCUT2D eigenvalue weighted by Gasteiger charge is -2.34. The average Bonchev–Trinajstić information content (AvgIpc) is 3.07. The molecule has 2 amide bonds. The molecule has 2 aromatic rings. The van der Waals surface area contributed by atoms with Crippen molar-refractivity contribution in [2.24, 2.45) is 5.41 Å². The van der Waals surface area contributed by atoms with Gasteiger partial charge in [0.15, 0.2) is 5.41 Å². The Kier molecular flexibility index (Phi) is 5.96. The maximum Gasteiger partial charge on any atom is 0.230 e. The van der Waals surface area contributed by atoms with Crippen LogP contribution in [0.15, 0.2) is 60.7 Å². The Bertz CT molecular complexity index is 1020. The number of nitriles is 2. The number of imide groups is 1. The van der Waals surface area contributed by atoms with Gasteiger partial charge in [0.05, 0.1) is 12.1 Å². The van der Waals surface area contributed by atoms with Gasteiger partial charge >= 0.3 is 0 Å². The van der Waals surface area contributed by atoms with Crippen LogP contribution in [0, 0.1) is 35.0 Å². The summed E-state index contributed by atoms with van der Waals surface area (Å²) < 4.78 is 0.542. The third-order valence-corrected chi connectivity index (χ3v) is 5.63. The van der Waals surface area contributed by atoms with Crippen LogP contribution in [0.3, 0.4) is 0 Å². The van der Waals surface area contributed by atoms with Crippen LogP contribution in [0.4, 0.5) is 0 Å². The zero-order chi connectivity index (χ0) is 21.0. The van der Waals surface area contributed by atoms with E-state index in [1.165, 1.54) is 6.08 Å². The smallest absolute Gasteiger partial charge is 0.230 e. The van der Waals surface area contributed by atoms with E-state index in [4.69, 9.17) is 0 Å². The van der Waals surface area contributed by atoms with E-state index in [9.17, 15) is 20.1 Å². The second-order valence-electron chi connectivity index (χ2n) is 6.92. The van der Waals surface area contributed by atoms with Crippen molar-refractivity contribution in [1.82, 2.24) is 4.90 Å². The molecule has 1 atom stereocenters. The van der Waals surface area contributed by atoms with Gasteiger partial charge in [-0.15, -0.1) is 0 Å². The minimum absolute atomic E-state index is 0.0813. The maximum atomic E-state index is 12.5. The second kappa shape index (κ2) is 8.43. The number of carbonyl (C=O) groups excluding carboxylic acids is 2. The van der Waals surface area contributed by atoms with E-state index in [0.717, 1.165) is 16.0 Å². The highest BCUT2D eigenvalue weighted by Gasteiger charge is 2.48. The van der Waals surface area contributed by atoms with Gasteiger partial charge in [-0.1, -0.05) is 76.1 Å². The summed E-state index contributed by atoms with van der Waals surface area (Å²) in [6, 6.07) is 19.5. The molecular weight excluding hydrogens is 430 g/mol. The normalized spacial score (nSPS) is 15.7. The van der Waals surface area contributed by atoms with Crippen molar-refractivity contribution in [3.05, 3.63) is 77.4 Å². The van der Waals surface area contributed by atoms with Crippen molar-refractivity contribution in [2.75, 3.05) is 0 Å². The van der Waals surface area contributed by atoms with Gasteiger partial charge in [-0.05, 0) is 24.1 Å². The Morgan fingerprint density at radius 1 is 1.03 bits per heavy atom.